The van der Waals surface area contributed by atoms with Gasteiger partial charge in [0.1, 0.15) is 5.82 Å². The first kappa shape index (κ1) is 22.3. The predicted molar refractivity (Wildman–Crippen MR) is 131 cm³/mol. The fourth-order valence-corrected chi connectivity index (χ4v) is 4.95. The predicted octanol–water partition coefficient (Wildman–Crippen LogP) is 4.83. The maximum absolute atomic E-state index is 13.2. The number of thiophene rings is 1. The van der Waals surface area contributed by atoms with Gasteiger partial charge in [0, 0.05) is 31.4 Å². The average molecular weight is 463 g/mol. The maximum atomic E-state index is 13.2. The summed E-state index contributed by atoms with van der Waals surface area (Å²) < 4.78 is 1.99. The largest absolute Gasteiger partial charge is 0.337 e. The van der Waals surface area contributed by atoms with E-state index >= 15 is 0 Å². The summed E-state index contributed by atoms with van der Waals surface area (Å²) in [6, 6.07) is 24.6. The number of carbonyl (C=O) groups is 1. The van der Waals surface area contributed by atoms with Crippen LogP contribution >= 0.6 is 23.1 Å². The lowest BCUT2D eigenvalue weighted by Crippen LogP contribution is -2.34. The molecule has 1 amide bonds. The molecule has 0 radical (unpaired) electrons. The van der Waals surface area contributed by atoms with Gasteiger partial charge in [-0.1, -0.05) is 78.5 Å². The van der Waals surface area contributed by atoms with Crippen molar-refractivity contribution in [1.82, 2.24) is 19.7 Å². The topological polar surface area (TPSA) is 51.0 Å². The molecule has 0 spiro atoms. The molecule has 0 atom stereocenters. The number of aromatic nitrogens is 3. The number of nitrogens with zero attached hydrogens (tertiary/aromatic N) is 4. The van der Waals surface area contributed by atoms with Crippen molar-refractivity contribution in [3.05, 3.63) is 100 Å². The van der Waals surface area contributed by atoms with E-state index in [0.29, 0.717) is 18.8 Å². The number of rotatable bonds is 10. The van der Waals surface area contributed by atoms with Crippen molar-refractivity contribution in [2.75, 3.05) is 12.3 Å². The Kier molecular flexibility index (Phi) is 7.74. The molecule has 2 aromatic carbocycles. The molecular formula is C25H26N4OS2. The minimum atomic E-state index is 0.109. The molecule has 4 rings (SSSR count). The summed E-state index contributed by atoms with van der Waals surface area (Å²) in [7, 11) is 1.97. The van der Waals surface area contributed by atoms with E-state index in [1.54, 1.807) is 11.3 Å². The minimum Gasteiger partial charge on any atom is -0.337 e. The minimum absolute atomic E-state index is 0.109. The lowest BCUT2D eigenvalue weighted by atomic mass is 10.1. The van der Waals surface area contributed by atoms with Gasteiger partial charge < -0.3 is 9.47 Å². The van der Waals surface area contributed by atoms with Crippen LogP contribution in [-0.4, -0.2) is 37.9 Å². The highest BCUT2D eigenvalue weighted by Gasteiger charge is 2.17. The molecule has 4 aromatic rings. The third-order valence-electron chi connectivity index (χ3n) is 5.24. The summed E-state index contributed by atoms with van der Waals surface area (Å²) in [5.74, 6) is 1.36. The fourth-order valence-electron chi connectivity index (χ4n) is 3.42. The maximum Gasteiger partial charge on any atom is 0.233 e. The second-order valence-corrected chi connectivity index (χ2v) is 9.51. The summed E-state index contributed by atoms with van der Waals surface area (Å²) in [5, 5.41) is 11.5. The molecule has 0 saturated heterocycles. The van der Waals surface area contributed by atoms with Crippen LogP contribution in [0, 0.1) is 0 Å². The van der Waals surface area contributed by atoms with E-state index in [1.807, 2.05) is 59.0 Å². The third-order valence-corrected chi connectivity index (χ3v) is 7.13. The summed E-state index contributed by atoms with van der Waals surface area (Å²) in [4.78, 5) is 16.4. The van der Waals surface area contributed by atoms with Gasteiger partial charge in [-0.2, -0.15) is 0 Å². The first-order valence-electron chi connectivity index (χ1n) is 10.6. The van der Waals surface area contributed by atoms with Crippen LogP contribution in [0.4, 0.5) is 0 Å². The molecule has 0 N–H and O–H groups in total. The Hall–Kier alpha value is -2.90. The van der Waals surface area contributed by atoms with Gasteiger partial charge in [0.05, 0.1) is 5.75 Å². The molecule has 5 nitrogen and oxygen atoms in total. The van der Waals surface area contributed by atoms with Crippen molar-refractivity contribution in [2.45, 2.75) is 24.5 Å². The molecule has 0 fully saturated rings. The normalized spacial score (nSPS) is 10.9. The Morgan fingerprint density at radius 1 is 0.969 bits per heavy atom. The molecule has 0 aliphatic carbocycles. The van der Waals surface area contributed by atoms with Crippen LogP contribution in [0.1, 0.15) is 21.8 Å². The first-order chi connectivity index (χ1) is 15.7. The second kappa shape index (κ2) is 11.1. The SMILES string of the molecule is Cn1c(Cc2cccs2)nnc1SCC(=O)N(CCc1ccccc1)Cc1ccccc1. The van der Waals surface area contributed by atoms with Crippen LogP contribution in [0.3, 0.4) is 0 Å². The van der Waals surface area contributed by atoms with E-state index in [2.05, 4.69) is 45.9 Å². The summed E-state index contributed by atoms with van der Waals surface area (Å²) in [6.45, 7) is 1.29. The van der Waals surface area contributed by atoms with E-state index in [1.165, 1.54) is 22.2 Å². The second-order valence-electron chi connectivity index (χ2n) is 7.54. The van der Waals surface area contributed by atoms with Gasteiger partial charge in [-0.15, -0.1) is 21.5 Å². The fraction of sp³-hybridized carbons (Fsp3) is 0.240. The number of hydrogen-bond acceptors (Lipinski definition) is 5. The van der Waals surface area contributed by atoms with Gasteiger partial charge in [0.15, 0.2) is 5.16 Å². The molecule has 2 heterocycles. The van der Waals surface area contributed by atoms with Crippen LogP contribution in [0.15, 0.2) is 83.3 Å². The zero-order valence-corrected chi connectivity index (χ0v) is 19.7. The van der Waals surface area contributed by atoms with Gasteiger partial charge in [-0.3, -0.25) is 4.79 Å². The van der Waals surface area contributed by atoms with Crippen LogP contribution < -0.4 is 0 Å². The van der Waals surface area contributed by atoms with E-state index in [-0.39, 0.29) is 5.91 Å². The van der Waals surface area contributed by atoms with E-state index in [4.69, 9.17) is 0 Å². The van der Waals surface area contributed by atoms with Crippen LogP contribution in [-0.2, 0) is 31.2 Å². The summed E-state index contributed by atoms with van der Waals surface area (Å²) in [6.07, 6.45) is 1.59. The quantitative estimate of drug-likeness (QED) is 0.317. The molecule has 0 bridgehead atoms. The van der Waals surface area contributed by atoms with E-state index in [9.17, 15) is 4.79 Å². The molecule has 164 valence electrons. The highest BCUT2D eigenvalue weighted by atomic mass is 32.2. The molecule has 0 unspecified atom stereocenters. The van der Waals surface area contributed by atoms with Gasteiger partial charge in [-0.05, 0) is 29.0 Å². The summed E-state index contributed by atoms with van der Waals surface area (Å²) in [5.41, 5.74) is 2.37. The van der Waals surface area contributed by atoms with Crippen molar-refractivity contribution in [3.8, 4) is 0 Å². The number of carbonyl (C=O) groups excluding carboxylic acids is 1. The summed E-state index contributed by atoms with van der Waals surface area (Å²) >= 11 is 3.16. The van der Waals surface area contributed by atoms with Crippen LogP contribution in [0.25, 0.3) is 0 Å². The van der Waals surface area contributed by atoms with Crippen LogP contribution in [0.2, 0.25) is 0 Å². The Morgan fingerprint density at radius 2 is 1.69 bits per heavy atom. The van der Waals surface area contributed by atoms with Gasteiger partial charge in [0.25, 0.3) is 0 Å². The van der Waals surface area contributed by atoms with E-state index < -0.39 is 0 Å². The smallest absolute Gasteiger partial charge is 0.233 e. The Balaban J connectivity index is 1.39. The highest BCUT2D eigenvalue weighted by molar-refractivity contribution is 7.99. The van der Waals surface area contributed by atoms with Crippen LogP contribution in [0.5, 0.6) is 0 Å². The third kappa shape index (κ3) is 6.08. The number of benzene rings is 2. The number of hydrogen-bond donors (Lipinski definition) is 0. The van der Waals surface area contributed by atoms with Gasteiger partial charge >= 0.3 is 0 Å². The lowest BCUT2D eigenvalue weighted by Gasteiger charge is -2.23. The van der Waals surface area contributed by atoms with Crippen molar-refractivity contribution < 1.29 is 4.79 Å². The lowest BCUT2D eigenvalue weighted by molar-refractivity contribution is -0.128. The average Bonchev–Trinajstić information content (AvgIpc) is 3.47. The highest BCUT2D eigenvalue weighted by Crippen LogP contribution is 2.20. The van der Waals surface area contributed by atoms with Crippen molar-refractivity contribution >= 4 is 29.0 Å². The molecular weight excluding hydrogens is 436 g/mol. The Morgan fingerprint density at radius 3 is 2.38 bits per heavy atom. The van der Waals surface area contributed by atoms with Gasteiger partial charge in [-0.25, -0.2) is 0 Å². The number of amides is 1. The first-order valence-corrected chi connectivity index (χ1v) is 12.4. The molecule has 32 heavy (non-hydrogen) atoms. The standard InChI is InChI=1S/C25H26N4OS2/c1-28-23(17-22-13-8-16-31-22)26-27-25(28)32-19-24(30)29(18-21-11-6-3-7-12-21)15-14-20-9-4-2-5-10-20/h2-13,16H,14-15,17-19H2,1H3. The van der Waals surface area contributed by atoms with Crippen molar-refractivity contribution in [2.24, 2.45) is 7.05 Å². The Labute approximate surface area is 197 Å². The molecule has 7 heteroatoms. The van der Waals surface area contributed by atoms with Crippen molar-refractivity contribution in [3.63, 3.8) is 0 Å². The Bertz CT molecular complexity index is 1110. The molecule has 0 aliphatic heterocycles. The van der Waals surface area contributed by atoms with Gasteiger partial charge in [0.2, 0.25) is 5.91 Å². The molecule has 0 saturated carbocycles. The molecule has 0 aliphatic rings. The van der Waals surface area contributed by atoms with E-state index in [0.717, 1.165) is 29.4 Å². The monoisotopic (exact) mass is 462 g/mol. The zero-order chi connectivity index (χ0) is 22.2. The molecule has 2 aromatic heterocycles. The van der Waals surface area contributed by atoms with Crippen molar-refractivity contribution in [1.29, 1.82) is 0 Å². The number of thioether (sulfide) groups is 1. The zero-order valence-electron chi connectivity index (χ0n) is 18.1.